The Morgan fingerprint density at radius 2 is 0.800 bits per heavy atom. The summed E-state index contributed by atoms with van der Waals surface area (Å²) in [6, 6.07) is 67.4. The Kier molecular flexibility index (Phi) is 6.53. The summed E-state index contributed by atoms with van der Waals surface area (Å²) in [5, 5.41) is 4.70. The number of rotatable bonds is 5. The molecule has 0 aliphatic rings. The van der Waals surface area contributed by atoms with Crippen LogP contribution >= 0.6 is 0 Å². The summed E-state index contributed by atoms with van der Waals surface area (Å²) in [5.74, 6) is 0. The van der Waals surface area contributed by atoms with Crippen molar-refractivity contribution in [2.45, 2.75) is 0 Å². The summed E-state index contributed by atoms with van der Waals surface area (Å²) >= 11 is 0. The predicted octanol–water partition coefficient (Wildman–Crippen LogP) is 13.4. The molecule has 0 aliphatic heterocycles. The Morgan fingerprint density at radius 1 is 0.300 bits per heavy atom. The molecular weight excluding hydrogens is 607 g/mol. The van der Waals surface area contributed by atoms with Gasteiger partial charge in [0.2, 0.25) is 0 Å². The summed E-state index contributed by atoms with van der Waals surface area (Å²) in [6.45, 7) is 0. The van der Waals surface area contributed by atoms with Crippen molar-refractivity contribution in [1.82, 2.24) is 4.57 Å². The Balaban J connectivity index is 1.13. The number of fused-ring (bicyclic) bond motifs is 6. The quantitative estimate of drug-likeness (QED) is 0.184. The molecule has 0 saturated carbocycles. The zero-order valence-corrected chi connectivity index (χ0v) is 27.3. The van der Waals surface area contributed by atoms with Crippen molar-refractivity contribution in [3.05, 3.63) is 188 Å². The second kappa shape index (κ2) is 11.5. The predicted molar refractivity (Wildman–Crippen MR) is 210 cm³/mol. The number of hydrogen-bond donors (Lipinski definition) is 0. The molecule has 2 nitrogen and oxygen atoms in total. The molecule has 10 aromatic rings. The van der Waals surface area contributed by atoms with Crippen LogP contribution in [0.3, 0.4) is 0 Å². The molecule has 0 saturated heterocycles. The Morgan fingerprint density at radius 3 is 1.50 bits per heavy atom. The van der Waals surface area contributed by atoms with Crippen LogP contribution in [-0.4, -0.2) is 4.57 Å². The van der Waals surface area contributed by atoms with Crippen LogP contribution in [0, 0.1) is 0 Å². The summed E-state index contributed by atoms with van der Waals surface area (Å²) in [7, 11) is 0. The van der Waals surface area contributed by atoms with E-state index in [1.807, 2.05) is 0 Å². The summed E-state index contributed by atoms with van der Waals surface area (Å²) in [5.41, 5.74) is 14.8. The lowest BCUT2D eigenvalue weighted by Gasteiger charge is -2.11. The Hall–Kier alpha value is -6.64. The van der Waals surface area contributed by atoms with Crippen molar-refractivity contribution in [3.63, 3.8) is 0 Å². The minimum atomic E-state index is 0.882. The first-order valence-electron chi connectivity index (χ1n) is 17.1. The van der Waals surface area contributed by atoms with Gasteiger partial charge in [-0.25, -0.2) is 0 Å². The van der Waals surface area contributed by atoms with Gasteiger partial charge >= 0.3 is 0 Å². The minimum Gasteiger partial charge on any atom is -0.456 e. The van der Waals surface area contributed by atoms with Gasteiger partial charge in [-0.05, 0) is 99.1 Å². The third-order valence-corrected chi connectivity index (χ3v) is 9.99. The van der Waals surface area contributed by atoms with E-state index >= 15 is 0 Å². The number of furan rings is 1. The van der Waals surface area contributed by atoms with Gasteiger partial charge in [0.05, 0.1) is 22.1 Å². The average molecular weight is 638 g/mol. The van der Waals surface area contributed by atoms with E-state index < -0.39 is 0 Å². The van der Waals surface area contributed by atoms with Crippen molar-refractivity contribution in [3.8, 4) is 50.2 Å². The molecular formula is C48H31NO. The van der Waals surface area contributed by atoms with E-state index in [-0.39, 0.29) is 0 Å². The van der Waals surface area contributed by atoms with Crippen molar-refractivity contribution < 1.29 is 4.42 Å². The van der Waals surface area contributed by atoms with Gasteiger partial charge in [0.25, 0.3) is 0 Å². The molecule has 2 aromatic heterocycles. The number of para-hydroxylation sites is 1. The summed E-state index contributed by atoms with van der Waals surface area (Å²) in [4.78, 5) is 0. The highest BCUT2D eigenvalue weighted by Gasteiger charge is 2.19. The van der Waals surface area contributed by atoms with Crippen molar-refractivity contribution in [2.75, 3.05) is 0 Å². The Labute approximate surface area is 290 Å². The van der Waals surface area contributed by atoms with Crippen LogP contribution in [0.4, 0.5) is 0 Å². The number of benzene rings is 8. The monoisotopic (exact) mass is 637 g/mol. The lowest BCUT2D eigenvalue weighted by atomic mass is 9.95. The lowest BCUT2D eigenvalue weighted by Crippen LogP contribution is -1.94. The highest BCUT2D eigenvalue weighted by atomic mass is 16.3. The molecule has 2 heteroatoms. The first kappa shape index (κ1) is 28.4. The van der Waals surface area contributed by atoms with Crippen molar-refractivity contribution in [2.24, 2.45) is 0 Å². The number of hydrogen-bond acceptors (Lipinski definition) is 1. The molecule has 0 aliphatic carbocycles. The third-order valence-electron chi connectivity index (χ3n) is 9.99. The van der Waals surface area contributed by atoms with Crippen LogP contribution in [0.15, 0.2) is 192 Å². The SMILES string of the molecule is c1ccc(-c2cccc(-c3cccc(-c4ccc5oc6cccc(-n7c8ccccc8c8cc(-c9ccccc9)ccc87)c6c5c4)c3)c2)cc1. The second-order valence-corrected chi connectivity index (χ2v) is 12.9. The third kappa shape index (κ3) is 4.65. The molecule has 0 bridgehead atoms. The molecule has 0 N–H and O–H groups in total. The largest absolute Gasteiger partial charge is 0.456 e. The van der Waals surface area contributed by atoms with E-state index in [4.69, 9.17) is 4.42 Å². The highest BCUT2D eigenvalue weighted by Crippen LogP contribution is 2.41. The fraction of sp³-hybridized carbons (Fsp3) is 0. The van der Waals surface area contributed by atoms with Crippen LogP contribution in [0.5, 0.6) is 0 Å². The first-order valence-corrected chi connectivity index (χ1v) is 17.1. The maximum Gasteiger partial charge on any atom is 0.137 e. The topological polar surface area (TPSA) is 18.1 Å². The Bertz CT molecular complexity index is 2860. The van der Waals surface area contributed by atoms with Gasteiger partial charge in [0, 0.05) is 16.2 Å². The van der Waals surface area contributed by atoms with Crippen molar-refractivity contribution >= 4 is 43.7 Å². The average Bonchev–Trinajstić information content (AvgIpc) is 3.74. The first-order chi connectivity index (χ1) is 24.8. The number of aromatic nitrogens is 1. The van der Waals surface area contributed by atoms with Crippen LogP contribution in [0.1, 0.15) is 0 Å². The molecule has 234 valence electrons. The van der Waals surface area contributed by atoms with Gasteiger partial charge in [-0.2, -0.15) is 0 Å². The second-order valence-electron chi connectivity index (χ2n) is 12.9. The normalized spacial score (nSPS) is 11.6. The van der Waals surface area contributed by atoms with Gasteiger partial charge in [0.1, 0.15) is 11.2 Å². The zero-order valence-electron chi connectivity index (χ0n) is 27.3. The van der Waals surface area contributed by atoms with E-state index in [0.29, 0.717) is 0 Å². The molecule has 0 radical (unpaired) electrons. The number of nitrogens with zero attached hydrogens (tertiary/aromatic N) is 1. The van der Waals surface area contributed by atoms with Gasteiger partial charge < -0.3 is 8.98 Å². The summed E-state index contributed by atoms with van der Waals surface area (Å²) < 4.78 is 8.92. The van der Waals surface area contributed by atoms with E-state index in [2.05, 4.69) is 193 Å². The molecule has 0 amide bonds. The maximum absolute atomic E-state index is 6.52. The van der Waals surface area contributed by atoms with Crippen LogP contribution < -0.4 is 0 Å². The molecule has 8 aromatic carbocycles. The highest BCUT2D eigenvalue weighted by molar-refractivity contribution is 6.15. The van der Waals surface area contributed by atoms with E-state index in [1.165, 1.54) is 60.8 Å². The zero-order chi connectivity index (χ0) is 33.0. The van der Waals surface area contributed by atoms with E-state index in [0.717, 1.165) is 33.2 Å². The lowest BCUT2D eigenvalue weighted by molar-refractivity contribution is 0.669. The molecule has 50 heavy (non-hydrogen) atoms. The van der Waals surface area contributed by atoms with Gasteiger partial charge in [0.15, 0.2) is 0 Å². The van der Waals surface area contributed by atoms with Crippen LogP contribution in [0.25, 0.3) is 93.9 Å². The fourth-order valence-electron chi connectivity index (χ4n) is 7.60. The molecule has 0 fully saturated rings. The van der Waals surface area contributed by atoms with Crippen LogP contribution in [0.2, 0.25) is 0 Å². The molecule has 10 rings (SSSR count). The van der Waals surface area contributed by atoms with E-state index in [1.54, 1.807) is 0 Å². The molecule has 0 unspecified atom stereocenters. The minimum absolute atomic E-state index is 0.882. The van der Waals surface area contributed by atoms with Gasteiger partial charge in [-0.3, -0.25) is 0 Å². The smallest absolute Gasteiger partial charge is 0.137 e. The van der Waals surface area contributed by atoms with E-state index in [9.17, 15) is 0 Å². The van der Waals surface area contributed by atoms with Crippen molar-refractivity contribution in [1.29, 1.82) is 0 Å². The van der Waals surface area contributed by atoms with Crippen LogP contribution in [-0.2, 0) is 0 Å². The van der Waals surface area contributed by atoms with Gasteiger partial charge in [-0.15, -0.1) is 0 Å². The molecule has 0 spiro atoms. The summed E-state index contributed by atoms with van der Waals surface area (Å²) in [6.07, 6.45) is 0. The van der Waals surface area contributed by atoms with Gasteiger partial charge in [-0.1, -0.05) is 133 Å². The molecule has 0 atom stereocenters. The fourth-order valence-corrected chi connectivity index (χ4v) is 7.60. The maximum atomic E-state index is 6.52. The standard InChI is InChI=1S/C48H31NO/c1-3-12-32(13-4-1)34-16-9-17-35(28-34)36-18-10-19-37(29-36)39-25-27-46-42(31-39)48-45(22-11-23-47(48)50-46)49-43-21-8-7-20-40(43)41-30-38(24-26-44(41)49)33-14-5-2-6-15-33/h1-31H. The molecule has 2 heterocycles.